The highest BCUT2D eigenvalue weighted by atomic mass is 35.5. The molecule has 0 aliphatic rings. The minimum Gasteiger partial charge on any atom is -0.491 e. The summed E-state index contributed by atoms with van der Waals surface area (Å²) in [6.07, 6.45) is 0. The molecule has 1 atom stereocenters. The Morgan fingerprint density at radius 2 is 1.71 bits per heavy atom. The molecule has 0 unspecified atom stereocenters. The van der Waals surface area contributed by atoms with E-state index in [0.717, 1.165) is 0 Å². The molecule has 24 heavy (non-hydrogen) atoms. The van der Waals surface area contributed by atoms with Crippen molar-refractivity contribution in [3.8, 4) is 5.75 Å². The maximum Gasteiger partial charge on any atom is 0.334 e. The lowest BCUT2D eigenvalue weighted by atomic mass is 10.0. The van der Waals surface area contributed by atoms with Crippen LogP contribution in [0.3, 0.4) is 0 Å². The summed E-state index contributed by atoms with van der Waals surface area (Å²) >= 11 is 6.03. The van der Waals surface area contributed by atoms with Crippen LogP contribution in [0.2, 0.25) is 5.02 Å². The lowest BCUT2D eigenvalue weighted by molar-refractivity contribution is -0.148. The van der Waals surface area contributed by atoms with E-state index in [1.54, 1.807) is 36.4 Å². The lowest BCUT2D eigenvalue weighted by Gasteiger charge is -2.28. The van der Waals surface area contributed by atoms with Crippen LogP contribution in [-0.4, -0.2) is 31.1 Å². The third-order valence-corrected chi connectivity index (χ3v) is 3.74. The van der Waals surface area contributed by atoms with E-state index in [0.29, 0.717) is 10.8 Å². The Morgan fingerprint density at radius 3 is 2.33 bits per heavy atom. The number of ether oxygens (including phenoxy) is 2. The number of hydrogen-bond donors (Lipinski definition) is 1. The number of hydrogen-bond acceptors (Lipinski definition) is 4. The Labute approximate surface area is 145 Å². The fraction of sp³-hybridized carbons (Fsp3) is 0.222. The third-order valence-electron chi connectivity index (χ3n) is 3.41. The molecule has 0 saturated heterocycles. The highest BCUT2D eigenvalue weighted by Crippen LogP contribution is 2.18. The number of benzene rings is 2. The van der Waals surface area contributed by atoms with Crippen LogP contribution >= 0.6 is 11.6 Å². The maximum atomic E-state index is 12.5. The number of carbonyl (C=O) groups is 2. The van der Waals surface area contributed by atoms with Gasteiger partial charge in [-0.15, -0.1) is 0 Å². The first-order valence-electron chi connectivity index (χ1n) is 7.29. The zero-order chi connectivity index (χ0) is 17.6. The van der Waals surface area contributed by atoms with E-state index in [1.165, 1.54) is 14.0 Å². The summed E-state index contributed by atoms with van der Waals surface area (Å²) in [5, 5.41) is 2.95. The minimum absolute atomic E-state index is 0.0835. The quantitative estimate of drug-likeness (QED) is 0.816. The largest absolute Gasteiger partial charge is 0.491 e. The molecular formula is C18H18ClNO4. The summed E-state index contributed by atoms with van der Waals surface area (Å²) in [6.45, 7) is 1.45. The molecule has 1 N–H and O–H groups in total. The Bertz CT molecular complexity index is 720. The number of carbonyl (C=O) groups excluding carboxylic acids is 2. The van der Waals surface area contributed by atoms with Crippen molar-refractivity contribution < 1.29 is 19.1 Å². The van der Waals surface area contributed by atoms with E-state index in [2.05, 4.69) is 5.32 Å². The van der Waals surface area contributed by atoms with Gasteiger partial charge in [0.15, 0.2) is 5.54 Å². The molecular weight excluding hydrogens is 330 g/mol. The van der Waals surface area contributed by atoms with Gasteiger partial charge in [-0.25, -0.2) is 4.79 Å². The van der Waals surface area contributed by atoms with E-state index in [9.17, 15) is 9.59 Å². The van der Waals surface area contributed by atoms with Gasteiger partial charge < -0.3 is 14.8 Å². The predicted molar refractivity (Wildman–Crippen MR) is 91.3 cm³/mol. The summed E-state index contributed by atoms with van der Waals surface area (Å²) < 4.78 is 10.4. The summed E-state index contributed by atoms with van der Waals surface area (Å²) in [7, 11) is 1.25. The number of halogens is 1. The van der Waals surface area contributed by atoms with Gasteiger partial charge in [-0.3, -0.25) is 4.79 Å². The normalized spacial score (nSPS) is 12.8. The Hall–Kier alpha value is -2.53. The van der Waals surface area contributed by atoms with Crippen LogP contribution in [0, 0.1) is 0 Å². The van der Waals surface area contributed by atoms with Crippen molar-refractivity contribution in [2.45, 2.75) is 12.5 Å². The molecule has 1 amide bonds. The van der Waals surface area contributed by atoms with Crippen molar-refractivity contribution in [1.29, 1.82) is 0 Å². The van der Waals surface area contributed by atoms with Crippen LogP contribution in [0.1, 0.15) is 17.3 Å². The number of nitrogens with one attached hydrogen (secondary N) is 1. The Balaban J connectivity index is 2.16. The van der Waals surface area contributed by atoms with Gasteiger partial charge in [0, 0.05) is 0 Å². The van der Waals surface area contributed by atoms with E-state index in [-0.39, 0.29) is 12.2 Å². The summed E-state index contributed by atoms with van der Waals surface area (Å²) in [4.78, 5) is 24.6. The van der Waals surface area contributed by atoms with Gasteiger partial charge in [0.25, 0.3) is 5.91 Å². The van der Waals surface area contributed by atoms with Gasteiger partial charge in [0.2, 0.25) is 0 Å². The topological polar surface area (TPSA) is 64.6 Å². The molecule has 6 heteroatoms. The molecule has 2 aromatic rings. The first-order valence-corrected chi connectivity index (χ1v) is 7.67. The molecule has 0 fully saturated rings. The van der Waals surface area contributed by atoms with Crippen molar-refractivity contribution in [3.63, 3.8) is 0 Å². The third kappa shape index (κ3) is 4.26. The number of methoxy groups -OCH3 is 1. The average molecular weight is 348 g/mol. The van der Waals surface area contributed by atoms with E-state index in [4.69, 9.17) is 21.1 Å². The molecule has 2 rings (SSSR count). The van der Waals surface area contributed by atoms with Crippen molar-refractivity contribution in [1.82, 2.24) is 5.32 Å². The maximum absolute atomic E-state index is 12.5. The van der Waals surface area contributed by atoms with Crippen molar-refractivity contribution in [2.75, 3.05) is 13.7 Å². The number of esters is 1. The van der Waals surface area contributed by atoms with Gasteiger partial charge in [-0.05, 0) is 31.2 Å². The van der Waals surface area contributed by atoms with Crippen LogP contribution in [0.15, 0.2) is 54.6 Å². The second-order valence-electron chi connectivity index (χ2n) is 5.36. The molecule has 5 nitrogen and oxygen atoms in total. The molecule has 0 saturated carbocycles. The van der Waals surface area contributed by atoms with Gasteiger partial charge in [-0.2, -0.15) is 0 Å². The van der Waals surface area contributed by atoms with Gasteiger partial charge >= 0.3 is 5.97 Å². The van der Waals surface area contributed by atoms with Crippen molar-refractivity contribution >= 4 is 23.5 Å². The zero-order valence-corrected chi connectivity index (χ0v) is 14.2. The average Bonchev–Trinajstić information content (AvgIpc) is 2.60. The Morgan fingerprint density at radius 1 is 1.08 bits per heavy atom. The highest BCUT2D eigenvalue weighted by molar-refractivity contribution is 6.33. The van der Waals surface area contributed by atoms with Gasteiger partial charge in [-0.1, -0.05) is 41.9 Å². The first-order chi connectivity index (χ1) is 11.5. The second-order valence-corrected chi connectivity index (χ2v) is 5.77. The first kappa shape index (κ1) is 17.8. The molecule has 0 heterocycles. The molecule has 0 radical (unpaired) electrons. The fourth-order valence-corrected chi connectivity index (χ4v) is 2.30. The zero-order valence-electron chi connectivity index (χ0n) is 13.4. The van der Waals surface area contributed by atoms with Crippen LogP contribution in [-0.2, 0) is 9.53 Å². The lowest BCUT2D eigenvalue weighted by Crippen LogP contribution is -2.56. The number of rotatable bonds is 6. The highest BCUT2D eigenvalue weighted by Gasteiger charge is 2.38. The fourth-order valence-electron chi connectivity index (χ4n) is 2.08. The monoisotopic (exact) mass is 347 g/mol. The standard InChI is InChI=1S/C18H18ClNO4/c1-18(17(22)23-2,12-24-13-8-4-3-5-9-13)20-16(21)14-10-6-7-11-15(14)19/h3-11H,12H2,1-2H3,(H,20,21)/t18-/m1/s1. The second kappa shape index (κ2) is 7.84. The van der Waals surface area contributed by atoms with Crippen molar-refractivity contribution in [2.24, 2.45) is 0 Å². The molecule has 0 aromatic heterocycles. The molecule has 0 aliphatic carbocycles. The van der Waals surface area contributed by atoms with Crippen LogP contribution in [0.4, 0.5) is 0 Å². The summed E-state index contributed by atoms with van der Waals surface area (Å²) in [5.74, 6) is -0.511. The molecule has 0 spiro atoms. The molecule has 0 aliphatic heterocycles. The number of amides is 1. The minimum atomic E-state index is -1.36. The SMILES string of the molecule is COC(=O)[C@@](C)(COc1ccccc1)NC(=O)c1ccccc1Cl. The molecule has 2 aromatic carbocycles. The summed E-state index contributed by atoms with van der Waals surface area (Å²) in [6, 6.07) is 15.6. The van der Waals surface area contributed by atoms with Crippen LogP contribution in [0.5, 0.6) is 5.75 Å². The molecule has 126 valence electrons. The van der Waals surface area contributed by atoms with Gasteiger partial charge in [0.05, 0.1) is 17.7 Å². The van der Waals surface area contributed by atoms with Crippen LogP contribution < -0.4 is 10.1 Å². The predicted octanol–water partition coefficient (Wildman–Crippen LogP) is 3.08. The van der Waals surface area contributed by atoms with Crippen LogP contribution in [0.25, 0.3) is 0 Å². The van der Waals surface area contributed by atoms with E-state index >= 15 is 0 Å². The summed E-state index contributed by atoms with van der Waals surface area (Å²) in [5.41, 5.74) is -1.09. The van der Waals surface area contributed by atoms with E-state index < -0.39 is 17.4 Å². The molecule has 0 bridgehead atoms. The number of para-hydroxylation sites is 1. The van der Waals surface area contributed by atoms with Crippen molar-refractivity contribution in [3.05, 3.63) is 65.2 Å². The van der Waals surface area contributed by atoms with Gasteiger partial charge in [0.1, 0.15) is 12.4 Å². The van der Waals surface area contributed by atoms with E-state index in [1.807, 2.05) is 18.2 Å². The Kier molecular flexibility index (Phi) is 5.82. The smallest absolute Gasteiger partial charge is 0.334 e.